The van der Waals surface area contributed by atoms with Crippen molar-refractivity contribution in [3.8, 4) is 0 Å². The third kappa shape index (κ3) is 4.67. The minimum absolute atomic E-state index is 0.103. The summed E-state index contributed by atoms with van der Waals surface area (Å²) in [4.78, 5) is 21.7. The maximum atomic E-state index is 12.4. The topological polar surface area (TPSA) is 72.2 Å². The lowest BCUT2D eigenvalue weighted by Gasteiger charge is -2.06. The lowest BCUT2D eigenvalue weighted by molar-refractivity contribution is -0.384. The van der Waals surface area contributed by atoms with Crippen molar-refractivity contribution in [3.63, 3.8) is 0 Å². The highest BCUT2D eigenvalue weighted by molar-refractivity contribution is 6.01. The Labute approximate surface area is 134 Å². The van der Waals surface area contributed by atoms with Gasteiger partial charge in [-0.15, -0.1) is 0 Å². The van der Waals surface area contributed by atoms with Gasteiger partial charge in [-0.25, -0.2) is 0 Å². The minimum atomic E-state index is -4.41. The van der Waals surface area contributed by atoms with E-state index in [2.05, 4.69) is 5.32 Å². The van der Waals surface area contributed by atoms with Crippen LogP contribution in [0.3, 0.4) is 0 Å². The second-order valence-corrected chi connectivity index (χ2v) is 4.75. The van der Waals surface area contributed by atoms with Crippen LogP contribution in [0.15, 0.2) is 54.6 Å². The Balaban J connectivity index is 1.98. The highest BCUT2D eigenvalue weighted by Crippen LogP contribution is 2.29. The molecule has 0 radical (unpaired) electrons. The van der Waals surface area contributed by atoms with E-state index < -0.39 is 22.6 Å². The molecule has 2 aromatic carbocycles. The molecule has 24 heavy (non-hydrogen) atoms. The predicted octanol–water partition coefficient (Wildman–Crippen LogP) is 4.27. The van der Waals surface area contributed by atoms with Crippen LogP contribution in [0, 0.1) is 10.1 Å². The second kappa shape index (κ2) is 6.95. The van der Waals surface area contributed by atoms with Gasteiger partial charge in [0, 0.05) is 23.9 Å². The monoisotopic (exact) mass is 336 g/mol. The van der Waals surface area contributed by atoms with E-state index in [9.17, 15) is 28.1 Å². The molecule has 0 fully saturated rings. The average Bonchev–Trinajstić information content (AvgIpc) is 2.53. The van der Waals surface area contributed by atoms with Crippen LogP contribution in [0.5, 0.6) is 0 Å². The number of alkyl halides is 3. The molecule has 0 aromatic heterocycles. The Kier molecular flexibility index (Phi) is 4.98. The molecule has 8 heteroatoms. The van der Waals surface area contributed by atoms with Gasteiger partial charge in [-0.05, 0) is 35.9 Å². The van der Waals surface area contributed by atoms with E-state index in [-0.39, 0.29) is 5.69 Å². The average molecular weight is 336 g/mol. The zero-order valence-electron chi connectivity index (χ0n) is 12.1. The summed E-state index contributed by atoms with van der Waals surface area (Å²) in [7, 11) is 0. The molecule has 0 unspecified atom stereocenters. The number of halogens is 3. The first kappa shape index (κ1) is 17.2. The van der Waals surface area contributed by atoms with E-state index >= 15 is 0 Å². The van der Waals surface area contributed by atoms with Crippen LogP contribution in [0.1, 0.15) is 11.1 Å². The second-order valence-electron chi connectivity index (χ2n) is 4.75. The maximum absolute atomic E-state index is 12.4. The van der Waals surface area contributed by atoms with Crippen molar-refractivity contribution in [1.82, 2.24) is 0 Å². The van der Waals surface area contributed by atoms with Crippen LogP contribution < -0.4 is 5.32 Å². The molecule has 0 spiro atoms. The predicted molar refractivity (Wildman–Crippen MR) is 82.2 cm³/mol. The van der Waals surface area contributed by atoms with E-state index in [0.717, 1.165) is 18.2 Å². The van der Waals surface area contributed by atoms with Gasteiger partial charge in [0.15, 0.2) is 0 Å². The Hall–Kier alpha value is -3.16. The number of benzene rings is 2. The van der Waals surface area contributed by atoms with Crippen molar-refractivity contribution in [1.29, 1.82) is 0 Å². The molecule has 2 rings (SSSR count). The first-order chi connectivity index (χ1) is 11.3. The molecule has 0 saturated carbocycles. The SMILES string of the molecule is O=C(/C=C/c1ccc(C(F)(F)F)cc1)Nc1ccc([N+](=O)[O-])cc1. The van der Waals surface area contributed by atoms with Gasteiger partial charge < -0.3 is 5.32 Å². The molecule has 0 bridgehead atoms. The fraction of sp³-hybridized carbons (Fsp3) is 0.0625. The first-order valence-electron chi connectivity index (χ1n) is 6.66. The Bertz CT molecular complexity index is 767. The maximum Gasteiger partial charge on any atom is 0.416 e. The lowest BCUT2D eigenvalue weighted by atomic mass is 10.1. The molecule has 0 aliphatic rings. The smallest absolute Gasteiger partial charge is 0.323 e. The van der Waals surface area contributed by atoms with Gasteiger partial charge >= 0.3 is 6.18 Å². The summed E-state index contributed by atoms with van der Waals surface area (Å²) in [6, 6.07) is 9.59. The molecular weight excluding hydrogens is 325 g/mol. The Morgan fingerprint density at radius 1 is 1.04 bits per heavy atom. The number of amides is 1. The van der Waals surface area contributed by atoms with E-state index in [1.54, 1.807) is 0 Å². The van der Waals surface area contributed by atoms with E-state index in [1.807, 2.05) is 0 Å². The fourth-order valence-electron chi connectivity index (χ4n) is 1.81. The van der Waals surface area contributed by atoms with Crippen molar-refractivity contribution < 1.29 is 22.9 Å². The minimum Gasteiger partial charge on any atom is -0.323 e. The summed E-state index contributed by atoms with van der Waals surface area (Å²) in [6.45, 7) is 0. The normalized spacial score (nSPS) is 11.5. The van der Waals surface area contributed by atoms with Gasteiger partial charge in [0.05, 0.1) is 10.5 Å². The van der Waals surface area contributed by atoms with Gasteiger partial charge in [0.2, 0.25) is 5.91 Å². The van der Waals surface area contributed by atoms with Crippen molar-refractivity contribution in [3.05, 3.63) is 75.8 Å². The van der Waals surface area contributed by atoms with Crippen molar-refractivity contribution >= 4 is 23.4 Å². The summed E-state index contributed by atoms with van der Waals surface area (Å²) in [5.41, 5.74) is -0.0761. The van der Waals surface area contributed by atoms with Crippen LogP contribution in [0.4, 0.5) is 24.5 Å². The summed E-state index contributed by atoms with van der Waals surface area (Å²) in [6.07, 6.45) is -1.89. The molecule has 0 aliphatic carbocycles. The quantitative estimate of drug-likeness (QED) is 0.515. The molecule has 0 atom stereocenters. The third-order valence-electron chi connectivity index (χ3n) is 3.01. The number of carbonyl (C=O) groups is 1. The molecule has 124 valence electrons. The van der Waals surface area contributed by atoms with Crippen LogP contribution in [0.25, 0.3) is 6.08 Å². The molecule has 0 saturated heterocycles. The van der Waals surface area contributed by atoms with Crippen molar-refractivity contribution in [2.24, 2.45) is 0 Å². The number of carbonyl (C=O) groups excluding carboxylic acids is 1. The zero-order valence-corrected chi connectivity index (χ0v) is 12.1. The molecule has 0 heterocycles. The fourth-order valence-corrected chi connectivity index (χ4v) is 1.81. The number of hydrogen-bond donors (Lipinski definition) is 1. The number of anilines is 1. The lowest BCUT2D eigenvalue weighted by Crippen LogP contribution is -2.07. The molecule has 1 N–H and O–H groups in total. The van der Waals surface area contributed by atoms with Crippen LogP contribution in [0.2, 0.25) is 0 Å². The number of hydrogen-bond acceptors (Lipinski definition) is 3. The van der Waals surface area contributed by atoms with E-state index in [4.69, 9.17) is 0 Å². The zero-order chi connectivity index (χ0) is 17.7. The van der Waals surface area contributed by atoms with E-state index in [0.29, 0.717) is 11.3 Å². The first-order valence-corrected chi connectivity index (χ1v) is 6.66. The van der Waals surface area contributed by atoms with Crippen LogP contribution in [-0.4, -0.2) is 10.8 Å². The summed E-state index contributed by atoms with van der Waals surface area (Å²) >= 11 is 0. The third-order valence-corrected chi connectivity index (χ3v) is 3.01. The number of nitro groups is 1. The molecule has 0 aliphatic heterocycles. The Morgan fingerprint density at radius 3 is 2.12 bits per heavy atom. The van der Waals surface area contributed by atoms with Gasteiger partial charge in [-0.2, -0.15) is 13.2 Å². The standard InChI is InChI=1S/C16H11F3N2O3/c17-16(18,19)12-4-1-11(2-5-12)3-10-15(22)20-13-6-8-14(9-7-13)21(23)24/h1-10H,(H,20,22)/b10-3+. The highest BCUT2D eigenvalue weighted by atomic mass is 19.4. The highest BCUT2D eigenvalue weighted by Gasteiger charge is 2.29. The molecule has 1 amide bonds. The van der Waals surface area contributed by atoms with Crippen molar-refractivity contribution in [2.45, 2.75) is 6.18 Å². The van der Waals surface area contributed by atoms with Gasteiger partial charge in [0.1, 0.15) is 0 Å². The van der Waals surface area contributed by atoms with Crippen molar-refractivity contribution in [2.75, 3.05) is 5.32 Å². The van der Waals surface area contributed by atoms with Gasteiger partial charge in [0.25, 0.3) is 5.69 Å². The Morgan fingerprint density at radius 2 is 1.62 bits per heavy atom. The summed E-state index contributed by atoms with van der Waals surface area (Å²) in [5.74, 6) is -0.510. The summed E-state index contributed by atoms with van der Waals surface area (Å²) in [5, 5.41) is 13.0. The molecule has 2 aromatic rings. The number of nitrogens with zero attached hydrogens (tertiary/aromatic N) is 1. The van der Waals surface area contributed by atoms with Gasteiger partial charge in [-0.1, -0.05) is 12.1 Å². The summed E-state index contributed by atoms with van der Waals surface area (Å²) < 4.78 is 37.3. The van der Waals surface area contributed by atoms with E-state index in [1.165, 1.54) is 42.5 Å². The number of non-ortho nitro benzene ring substituents is 1. The van der Waals surface area contributed by atoms with Crippen LogP contribution >= 0.6 is 0 Å². The molecular formula is C16H11F3N2O3. The largest absolute Gasteiger partial charge is 0.416 e. The van der Waals surface area contributed by atoms with Crippen LogP contribution in [-0.2, 0) is 11.0 Å². The number of rotatable bonds is 4. The molecule has 5 nitrogen and oxygen atoms in total. The van der Waals surface area contributed by atoms with Gasteiger partial charge in [-0.3, -0.25) is 14.9 Å². The number of nitrogens with one attached hydrogen (secondary N) is 1. The number of nitro benzene ring substituents is 1.